The van der Waals surface area contributed by atoms with Crippen molar-refractivity contribution in [3.05, 3.63) is 0 Å². The van der Waals surface area contributed by atoms with Crippen molar-refractivity contribution in [2.24, 2.45) is 0 Å². The molecule has 0 aromatic carbocycles. The van der Waals surface area contributed by atoms with Gasteiger partial charge >= 0.3 is 54.3 Å². The first-order chi connectivity index (χ1) is 1.73. The van der Waals surface area contributed by atoms with Gasteiger partial charge in [0.1, 0.15) is 0 Å². The summed E-state index contributed by atoms with van der Waals surface area (Å²) in [6.07, 6.45) is 0. The molecule has 0 unspecified atom stereocenters. The maximum atomic E-state index is 7.71. The summed E-state index contributed by atoms with van der Waals surface area (Å²) in [6, 6.07) is 0. The van der Waals surface area contributed by atoms with Gasteiger partial charge in [-0.15, -0.1) is 0 Å². The Bertz CT molecular complexity index is 10.8. The Labute approximate surface area is 53.5 Å². The predicted molar refractivity (Wildman–Crippen MR) is 11.6 cm³/mol. The van der Waals surface area contributed by atoms with Gasteiger partial charge in [0.05, 0.1) is 0 Å². The molecule has 4 heavy (non-hydrogen) atoms. The predicted octanol–water partition coefficient (Wildman–Crippen LogP) is -1.76. The quantitative estimate of drug-likeness (QED) is 0.513. The summed E-state index contributed by atoms with van der Waals surface area (Å²) in [4.78, 5) is 0. The summed E-state index contributed by atoms with van der Waals surface area (Å²) in [5.74, 6) is 0. The van der Waals surface area contributed by atoms with Crippen LogP contribution in [0.1, 0.15) is 0 Å². The third-order valence-corrected chi connectivity index (χ3v) is 0. The summed E-state index contributed by atoms with van der Waals surface area (Å²) in [7, 11) is 0. The molecular formula is H3BO2Ra. The molecule has 0 aliphatic carbocycles. The third-order valence-electron chi connectivity index (χ3n) is 0. The molecule has 0 heterocycles. The van der Waals surface area contributed by atoms with Crippen molar-refractivity contribution in [2.75, 3.05) is 0 Å². The van der Waals surface area contributed by atoms with E-state index in [-0.39, 0.29) is 42.5 Å². The van der Waals surface area contributed by atoms with Crippen molar-refractivity contribution in [3.8, 4) is 0 Å². The SMILES string of the molecule is O[B](O)[RaH]. The van der Waals surface area contributed by atoms with E-state index in [2.05, 4.69) is 0 Å². The fraction of sp³-hybridized carbons (Fsp3) is 0. The Morgan fingerprint density at radius 3 is 1.50 bits per heavy atom. The minimum atomic E-state index is -0.937. The molecular weight excluding hydrogens is 269 g/mol. The molecule has 0 saturated carbocycles. The zero-order valence-corrected chi connectivity index (χ0v) is 10.7. The van der Waals surface area contributed by atoms with Crippen molar-refractivity contribution in [1.29, 1.82) is 0 Å². The van der Waals surface area contributed by atoms with Gasteiger partial charge in [0.2, 0.25) is 0 Å². The Hall–Kier alpha value is 1.45. The van der Waals surface area contributed by atoms with E-state index in [4.69, 9.17) is 10.0 Å². The van der Waals surface area contributed by atoms with Crippen LogP contribution in [0.5, 0.6) is 0 Å². The van der Waals surface area contributed by atoms with Crippen molar-refractivity contribution < 1.29 is 52.5 Å². The van der Waals surface area contributed by atoms with E-state index in [1.807, 2.05) is 0 Å². The van der Waals surface area contributed by atoms with Crippen LogP contribution in [0.25, 0.3) is 0 Å². The van der Waals surface area contributed by atoms with E-state index >= 15 is 0 Å². The average Bonchev–Trinajstić information content (AvgIpc) is 0.811. The molecule has 4 heteroatoms. The van der Waals surface area contributed by atoms with E-state index < -0.39 is 1.80 Å². The Morgan fingerprint density at radius 2 is 1.50 bits per heavy atom. The molecule has 0 bridgehead atoms. The maximum absolute atomic E-state index is 7.71. The van der Waals surface area contributed by atoms with Crippen molar-refractivity contribution in [1.82, 2.24) is 0 Å². The second kappa shape index (κ2) is 2.68. The van der Waals surface area contributed by atoms with Gasteiger partial charge in [-0.1, -0.05) is 0 Å². The molecule has 2 nitrogen and oxygen atoms in total. The van der Waals surface area contributed by atoms with Crippen molar-refractivity contribution in [2.45, 2.75) is 0 Å². The first kappa shape index (κ1) is 5.45. The number of hydrogen-bond donors (Lipinski definition) is 2. The van der Waals surface area contributed by atoms with Crippen LogP contribution >= 0.6 is 0 Å². The van der Waals surface area contributed by atoms with Gasteiger partial charge in [-0.3, -0.25) is 0 Å². The van der Waals surface area contributed by atoms with Crippen LogP contribution in [-0.2, 0) is 0 Å². The van der Waals surface area contributed by atoms with Gasteiger partial charge in [-0.25, -0.2) is 0 Å². The monoisotopic (exact) mass is 272 g/mol. The molecule has 0 radical (unpaired) electrons. The summed E-state index contributed by atoms with van der Waals surface area (Å²) in [6.45, 7) is 0. The van der Waals surface area contributed by atoms with E-state index in [0.29, 0.717) is 0 Å². The first-order valence-electron chi connectivity index (χ1n) is 1.09. The standard InChI is InChI=1S/BH2O2.Ra.H/c2-1-3;;/h2-3H;;/q+1;-1;. The molecule has 0 spiro atoms. The van der Waals surface area contributed by atoms with Crippen LogP contribution < -0.4 is 0 Å². The van der Waals surface area contributed by atoms with Gasteiger partial charge in [0.15, 0.2) is 0 Å². The molecule has 0 saturated heterocycles. The topological polar surface area (TPSA) is 40.5 Å². The molecule has 0 aliphatic rings. The molecule has 0 atom stereocenters. The molecule has 0 aromatic rings. The molecule has 0 aliphatic heterocycles. The number of rotatable bonds is 0. The first-order valence-corrected chi connectivity index (χ1v) is 5.84. The van der Waals surface area contributed by atoms with Crippen LogP contribution in [0, 0.1) is 42.5 Å². The molecule has 0 fully saturated rings. The van der Waals surface area contributed by atoms with E-state index in [1.165, 1.54) is 0 Å². The summed E-state index contributed by atoms with van der Waals surface area (Å²) >= 11 is -0.0743. The van der Waals surface area contributed by atoms with Gasteiger partial charge in [-0.05, 0) is 0 Å². The second-order valence-electron chi connectivity index (χ2n) is 0.632. The number of hydrogen-bond acceptors (Lipinski definition) is 2. The van der Waals surface area contributed by atoms with Crippen LogP contribution in [0.2, 0.25) is 0 Å². The van der Waals surface area contributed by atoms with Gasteiger partial charge in [-0.2, -0.15) is 0 Å². The molecule has 20 valence electrons. The van der Waals surface area contributed by atoms with Crippen molar-refractivity contribution >= 4 is 1.80 Å². The normalized spacial score (nSPS) is 6.25. The summed E-state index contributed by atoms with van der Waals surface area (Å²) in [5, 5.41) is 15.4. The fourth-order valence-corrected chi connectivity index (χ4v) is 0. The van der Waals surface area contributed by atoms with Crippen LogP contribution in [0.15, 0.2) is 0 Å². The third kappa shape index (κ3) is 9.84. The Balaban J connectivity index is 2.32. The molecule has 0 rings (SSSR count). The summed E-state index contributed by atoms with van der Waals surface area (Å²) < 4.78 is -0.937. The van der Waals surface area contributed by atoms with Crippen LogP contribution in [0.3, 0.4) is 0 Å². The summed E-state index contributed by atoms with van der Waals surface area (Å²) in [5.41, 5.74) is 0. The Morgan fingerprint density at radius 1 is 1.50 bits per heavy atom. The molecule has 0 amide bonds. The average molecular weight is 272 g/mol. The fourth-order valence-electron chi connectivity index (χ4n) is 0. The molecule has 2 N–H and O–H groups in total. The van der Waals surface area contributed by atoms with E-state index in [1.54, 1.807) is 0 Å². The Kier molecular flexibility index (Phi) is 3.65. The van der Waals surface area contributed by atoms with Gasteiger partial charge in [0.25, 0.3) is 0 Å². The zero-order valence-electron chi connectivity index (χ0n) is 2.47. The van der Waals surface area contributed by atoms with E-state index in [9.17, 15) is 0 Å². The minimum absolute atomic E-state index is 0.0743. The van der Waals surface area contributed by atoms with Gasteiger partial charge in [0, 0.05) is 0 Å². The van der Waals surface area contributed by atoms with Gasteiger partial charge < -0.3 is 0 Å². The molecule has 0 aromatic heterocycles. The zero-order chi connectivity index (χ0) is 3.58. The second-order valence-corrected chi connectivity index (χ2v) is 4.88. The van der Waals surface area contributed by atoms with E-state index in [0.717, 1.165) is 0 Å². The van der Waals surface area contributed by atoms with Crippen molar-refractivity contribution in [3.63, 3.8) is 0 Å². The van der Waals surface area contributed by atoms with Crippen LogP contribution in [-0.4, -0.2) is 11.9 Å². The van der Waals surface area contributed by atoms with Crippen LogP contribution in [0.4, 0.5) is 0 Å².